The third kappa shape index (κ3) is 3.55. The van der Waals surface area contributed by atoms with Gasteiger partial charge >= 0.3 is 5.97 Å². The summed E-state index contributed by atoms with van der Waals surface area (Å²) in [6.07, 6.45) is 0.179. The minimum Gasteiger partial charge on any atom is -0.453 e. The fraction of sp³-hybridized carbons (Fsp3) is 0.529. The first-order chi connectivity index (χ1) is 11.2. The highest BCUT2D eigenvalue weighted by atomic mass is 16.5. The van der Waals surface area contributed by atoms with Crippen LogP contribution in [0.2, 0.25) is 0 Å². The largest absolute Gasteiger partial charge is 0.453 e. The number of hydrogen-bond acceptors (Lipinski definition) is 5. The fourth-order valence-electron chi connectivity index (χ4n) is 3.04. The lowest BCUT2D eigenvalue weighted by atomic mass is 10.0. The third-order valence-corrected chi connectivity index (χ3v) is 4.20. The Bertz CT molecular complexity index is 704. The van der Waals surface area contributed by atoms with Crippen molar-refractivity contribution in [3.05, 3.63) is 22.5 Å². The molecule has 7 nitrogen and oxygen atoms in total. The molecule has 1 fully saturated rings. The van der Waals surface area contributed by atoms with Crippen molar-refractivity contribution >= 4 is 23.4 Å². The van der Waals surface area contributed by atoms with Gasteiger partial charge in [-0.05, 0) is 39.7 Å². The second-order valence-electron chi connectivity index (χ2n) is 6.10. The minimum absolute atomic E-state index is 0.0760. The number of aromatic nitrogens is 1. The summed E-state index contributed by atoms with van der Waals surface area (Å²) in [5, 5.41) is 0. The molecule has 1 aliphatic rings. The van der Waals surface area contributed by atoms with E-state index >= 15 is 0 Å². The Morgan fingerprint density at radius 1 is 1.29 bits per heavy atom. The highest BCUT2D eigenvalue weighted by Gasteiger charge is 2.28. The number of carbonyl (C=O) groups excluding carboxylic acids is 4. The van der Waals surface area contributed by atoms with Crippen LogP contribution in [0.5, 0.6) is 0 Å². The molecule has 0 aromatic carbocycles. The molecule has 0 unspecified atom stereocenters. The first kappa shape index (κ1) is 17.9. The molecule has 1 aliphatic heterocycles. The van der Waals surface area contributed by atoms with Gasteiger partial charge in [-0.1, -0.05) is 0 Å². The lowest BCUT2D eigenvalue weighted by Gasteiger charge is -2.17. The van der Waals surface area contributed by atoms with Crippen LogP contribution in [0.25, 0.3) is 0 Å². The maximum atomic E-state index is 12.5. The molecular weight excluding hydrogens is 312 g/mol. The van der Waals surface area contributed by atoms with Crippen molar-refractivity contribution in [1.29, 1.82) is 0 Å². The first-order valence-corrected chi connectivity index (χ1v) is 7.94. The average Bonchev–Trinajstić information content (AvgIpc) is 3.01. The van der Waals surface area contributed by atoms with Gasteiger partial charge in [0.2, 0.25) is 11.7 Å². The minimum atomic E-state index is -0.994. The van der Waals surface area contributed by atoms with Crippen LogP contribution >= 0.6 is 0 Å². The Hall–Kier alpha value is -2.44. The normalized spacial score (nSPS) is 15.5. The lowest BCUT2D eigenvalue weighted by molar-refractivity contribution is -0.150. The molecule has 1 atom stereocenters. The summed E-state index contributed by atoms with van der Waals surface area (Å²) in [5.74, 6) is -1.21. The molecular formula is C17H22N2O5. The van der Waals surface area contributed by atoms with Gasteiger partial charge in [0.05, 0.1) is 5.69 Å². The summed E-state index contributed by atoms with van der Waals surface area (Å²) in [6, 6.07) is 0. The second-order valence-corrected chi connectivity index (χ2v) is 6.10. The summed E-state index contributed by atoms with van der Waals surface area (Å²) in [5.41, 5.74) is 1.93. The van der Waals surface area contributed by atoms with Gasteiger partial charge in [-0.25, -0.2) is 0 Å². The number of ketones is 2. The van der Waals surface area contributed by atoms with E-state index in [-0.39, 0.29) is 23.9 Å². The molecule has 1 aromatic rings. The number of rotatable bonds is 6. The fourth-order valence-corrected chi connectivity index (χ4v) is 3.04. The Kier molecular flexibility index (Phi) is 5.21. The van der Waals surface area contributed by atoms with Crippen LogP contribution < -0.4 is 0 Å². The van der Waals surface area contributed by atoms with E-state index < -0.39 is 17.9 Å². The smallest absolute Gasteiger partial charge is 0.326 e. The molecule has 0 spiro atoms. The number of esters is 1. The van der Waals surface area contributed by atoms with E-state index in [0.29, 0.717) is 29.8 Å². The predicted molar refractivity (Wildman–Crippen MR) is 86.0 cm³/mol. The van der Waals surface area contributed by atoms with Crippen molar-refractivity contribution in [2.45, 2.75) is 46.6 Å². The number of nitrogens with zero attached hydrogens (tertiary/aromatic N) is 1. The number of amides is 1. The molecule has 130 valence electrons. The van der Waals surface area contributed by atoms with Crippen molar-refractivity contribution in [2.24, 2.45) is 0 Å². The summed E-state index contributed by atoms with van der Waals surface area (Å²) in [7, 11) is 0. The molecule has 24 heavy (non-hydrogen) atoms. The number of likely N-dealkylation sites (tertiary alicyclic amines) is 1. The quantitative estimate of drug-likeness (QED) is 0.629. The highest BCUT2D eigenvalue weighted by Crippen LogP contribution is 2.20. The number of H-pyrrole nitrogens is 1. The van der Waals surface area contributed by atoms with Crippen LogP contribution in [0.4, 0.5) is 0 Å². The number of hydrogen-bond donors (Lipinski definition) is 1. The van der Waals surface area contributed by atoms with E-state index in [1.54, 1.807) is 13.8 Å². The van der Waals surface area contributed by atoms with Gasteiger partial charge in [0.15, 0.2) is 11.9 Å². The van der Waals surface area contributed by atoms with E-state index in [4.69, 9.17) is 4.74 Å². The first-order valence-electron chi connectivity index (χ1n) is 7.94. The van der Waals surface area contributed by atoms with Gasteiger partial charge in [0.25, 0.3) is 0 Å². The van der Waals surface area contributed by atoms with Crippen molar-refractivity contribution in [1.82, 2.24) is 9.88 Å². The molecule has 0 aliphatic carbocycles. The Morgan fingerprint density at radius 3 is 2.46 bits per heavy atom. The van der Waals surface area contributed by atoms with E-state index in [1.807, 2.05) is 0 Å². The van der Waals surface area contributed by atoms with E-state index in [0.717, 1.165) is 6.42 Å². The van der Waals surface area contributed by atoms with E-state index in [1.165, 1.54) is 18.7 Å². The monoisotopic (exact) mass is 334 g/mol. The van der Waals surface area contributed by atoms with E-state index in [9.17, 15) is 19.2 Å². The van der Waals surface area contributed by atoms with Crippen LogP contribution in [0, 0.1) is 13.8 Å². The number of aromatic amines is 1. The van der Waals surface area contributed by atoms with Crippen LogP contribution in [-0.4, -0.2) is 52.5 Å². The van der Waals surface area contributed by atoms with Gasteiger partial charge in [0.1, 0.15) is 6.54 Å². The van der Waals surface area contributed by atoms with Gasteiger partial charge in [-0.2, -0.15) is 0 Å². The molecule has 0 saturated carbocycles. The second kappa shape index (κ2) is 6.98. The van der Waals surface area contributed by atoms with Crippen LogP contribution in [0.3, 0.4) is 0 Å². The summed E-state index contributed by atoms with van der Waals surface area (Å²) in [4.78, 5) is 51.9. The van der Waals surface area contributed by atoms with Crippen LogP contribution in [-0.2, 0) is 14.3 Å². The molecule has 7 heteroatoms. The Morgan fingerprint density at radius 2 is 1.96 bits per heavy atom. The average molecular weight is 334 g/mol. The van der Waals surface area contributed by atoms with Gasteiger partial charge in [-0.3, -0.25) is 19.2 Å². The number of nitrogens with one attached hydrogen (secondary N) is 1. The molecule has 1 aromatic heterocycles. The SMILES string of the molecule is CC(=O)c1c(C)[nH]c(C(=O)[C@H](C)OC(=O)CN2CCCC2=O)c1C. The molecule has 0 bridgehead atoms. The lowest BCUT2D eigenvalue weighted by Crippen LogP contribution is -2.35. The van der Waals surface area contributed by atoms with Crippen molar-refractivity contribution < 1.29 is 23.9 Å². The van der Waals surface area contributed by atoms with E-state index in [2.05, 4.69) is 4.98 Å². The molecule has 1 amide bonds. The topological polar surface area (TPSA) is 96.5 Å². The van der Waals surface area contributed by atoms with Gasteiger partial charge in [0, 0.05) is 24.2 Å². The molecule has 0 radical (unpaired) electrons. The predicted octanol–water partition coefficient (Wildman–Crippen LogP) is 1.57. The van der Waals surface area contributed by atoms with Crippen molar-refractivity contribution in [3.63, 3.8) is 0 Å². The highest BCUT2D eigenvalue weighted by molar-refractivity contribution is 6.05. The summed E-state index contributed by atoms with van der Waals surface area (Å²) >= 11 is 0. The Balaban J connectivity index is 2.04. The third-order valence-electron chi connectivity index (χ3n) is 4.20. The maximum absolute atomic E-state index is 12.5. The van der Waals surface area contributed by atoms with Crippen LogP contribution in [0.1, 0.15) is 58.8 Å². The number of Topliss-reactive ketones (excluding diaryl/α,β-unsaturated/α-hetero) is 2. The van der Waals surface area contributed by atoms with Crippen molar-refractivity contribution in [3.8, 4) is 0 Å². The standard InChI is InChI=1S/C17H22N2O5/c1-9-15(11(3)20)10(2)18-16(9)17(23)12(4)24-14(22)8-19-7-5-6-13(19)21/h12,18H,5-8H2,1-4H3/t12-/m0/s1. The molecule has 1 saturated heterocycles. The molecule has 1 N–H and O–H groups in total. The number of ether oxygens (including phenoxy) is 1. The van der Waals surface area contributed by atoms with Crippen molar-refractivity contribution in [2.75, 3.05) is 13.1 Å². The zero-order valence-electron chi connectivity index (χ0n) is 14.4. The maximum Gasteiger partial charge on any atom is 0.326 e. The molecule has 2 rings (SSSR count). The Labute approximate surface area is 140 Å². The summed E-state index contributed by atoms with van der Waals surface area (Å²) in [6.45, 7) is 6.72. The molecule has 2 heterocycles. The van der Waals surface area contributed by atoms with Gasteiger partial charge < -0.3 is 14.6 Å². The number of aryl methyl sites for hydroxylation is 1. The van der Waals surface area contributed by atoms with Gasteiger partial charge in [-0.15, -0.1) is 0 Å². The zero-order valence-corrected chi connectivity index (χ0v) is 14.4. The zero-order chi connectivity index (χ0) is 18.0. The number of carbonyl (C=O) groups is 4. The summed E-state index contributed by atoms with van der Waals surface area (Å²) < 4.78 is 5.15. The van der Waals surface area contributed by atoms with Crippen LogP contribution in [0.15, 0.2) is 0 Å².